The number of ether oxygens (including phenoxy) is 3. The number of amides is 2. The first-order chi connectivity index (χ1) is 23.7. The minimum absolute atomic E-state index is 0.0223. The summed E-state index contributed by atoms with van der Waals surface area (Å²) in [7, 11) is 0. The van der Waals surface area contributed by atoms with Crippen LogP contribution in [0.5, 0.6) is 0 Å². The van der Waals surface area contributed by atoms with Gasteiger partial charge in [0.2, 0.25) is 11.8 Å². The highest BCUT2D eigenvalue weighted by atomic mass is 16.7. The molecule has 10 heteroatoms. The van der Waals surface area contributed by atoms with Crippen LogP contribution >= 0.6 is 0 Å². The molecule has 1 spiro atoms. The Kier molecular flexibility index (Phi) is 17.6. The van der Waals surface area contributed by atoms with E-state index in [0.29, 0.717) is 24.8 Å². The summed E-state index contributed by atoms with van der Waals surface area (Å²) in [5, 5.41) is 26.2. The van der Waals surface area contributed by atoms with E-state index in [2.05, 4.69) is 30.6 Å². The third-order valence-electron chi connectivity index (χ3n) is 11.2. The van der Waals surface area contributed by atoms with Crippen molar-refractivity contribution in [3.05, 3.63) is 23.8 Å². The van der Waals surface area contributed by atoms with Crippen molar-refractivity contribution in [1.82, 2.24) is 10.6 Å². The quantitative estimate of drug-likeness (QED) is 0.0782. The van der Waals surface area contributed by atoms with E-state index in [1.807, 2.05) is 20.8 Å². The maximum atomic E-state index is 12.9. The van der Waals surface area contributed by atoms with E-state index >= 15 is 0 Å². The van der Waals surface area contributed by atoms with Gasteiger partial charge < -0.3 is 35.1 Å². The Morgan fingerprint density at radius 2 is 1.64 bits per heavy atom. The normalized spacial score (nSPS) is 31.6. The van der Waals surface area contributed by atoms with Gasteiger partial charge in [-0.05, 0) is 108 Å². The molecule has 4 N–H and O–H groups in total. The highest BCUT2D eigenvalue weighted by molar-refractivity contribution is 5.89. The third-order valence-corrected chi connectivity index (χ3v) is 11.2. The molecule has 10 nitrogen and oxygen atoms in total. The van der Waals surface area contributed by atoms with Gasteiger partial charge in [0.1, 0.15) is 0 Å². The number of carbonyl (C=O) groups excluding carboxylic acids is 3. The van der Waals surface area contributed by atoms with E-state index < -0.39 is 23.9 Å². The molecule has 0 bridgehead atoms. The van der Waals surface area contributed by atoms with Gasteiger partial charge in [-0.15, -0.1) is 0 Å². The number of aliphatic hydroxyl groups is 2. The van der Waals surface area contributed by atoms with Gasteiger partial charge in [0.25, 0.3) is 0 Å². The fraction of sp³-hybridized carbons (Fsp3) is 0.825. The number of ketones is 1. The first kappa shape index (κ1) is 42.3. The van der Waals surface area contributed by atoms with Crippen molar-refractivity contribution in [3.8, 4) is 0 Å². The zero-order chi connectivity index (χ0) is 36.8. The van der Waals surface area contributed by atoms with Crippen molar-refractivity contribution >= 4 is 17.6 Å². The third kappa shape index (κ3) is 13.8. The number of aliphatic hydroxyl groups excluding tert-OH is 2. The second-order valence-corrected chi connectivity index (χ2v) is 15.7. The standard InChI is InChI=1S/C40H68N2O8/c1-8-11-32(44)23-34-17-15-27(3)37(48-34)24-38(46)42-25-35(45)30(6)39(47)41-21-10-13-36-28(4)18-20-40(50-36)19-9-12-33(49-40)16-14-26(2)22-29(5)31(7)43/h8,11,22,26-28,30-31,33-37,43,45H,9-10,12-21,23-25H2,1-7H3,(H,41,47)(H,42,46)/b11-8+,29-22+/t26-,27-,28-,30+,31+,33-,34+,35-,36+,37-,40-/m0/s1. The Morgan fingerprint density at radius 3 is 2.36 bits per heavy atom. The molecule has 3 aliphatic rings. The predicted molar refractivity (Wildman–Crippen MR) is 195 cm³/mol. The number of nitrogens with one attached hydrogen (secondary N) is 2. The smallest absolute Gasteiger partial charge is 0.225 e. The van der Waals surface area contributed by atoms with Crippen LogP contribution in [0.1, 0.15) is 132 Å². The predicted octanol–water partition coefficient (Wildman–Crippen LogP) is 5.93. The molecule has 3 rings (SSSR count). The zero-order valence-corrected chi connectivity index (χ0v) is 32.0. The van der Waals surface area contributed by atoms with Gasteiger partial charge in [-0.2, -0.15) is 0 Å². The van der Waals surface area contributed by atoms with Gasteiger partial charge >= 0.3 is 0 Å². The summed E-state index contributed by atoms with van der Waals surface area (Å²) in [4.78, 5) is 37.6. The fourth-order valence-corrected chi connectivity index (χ4v) is 7.51. The first-order valence-corrected chi connectivity index (χ1v) is 19.5. The van der Waals surface area contributed by atoms with Crippen molar-refractivity contribution < 1.29 is 38.8 Å². The van der Waals surface area contributed by atoms with Gasteiger partial charge in [0.15, 0.2) is 11.6 Å². The molecule has 11 atom stereocenters. The lowest BCUT2D eigenvalue weighted by molar-refractivity contribution is -0.324. The van der Waals surface area contributed by atoms with Crippen LogP contribution in [0.2, 0.25) is 0 Å². The summed E-state index contributed by atoms with van der Waals surface area (Å²) >= 11 is 0. The fourth-order valence-electron chi connectivity index (χ4n) is 7.51. The van der Waals surface area contributed by atoms with Gasteiger partial charge in [0, 0.05) is 32.4 Å². The number of rotatable bonds is 18. The van der Waals surface area contributed by atoms with Crippen LogP contribution in [0.4, 0.5) is 0 Å². The molecule has 0 aromatic carbocycles. The van der Waals surface area contributed by atoms with Crippen molar-refractivity contribution in [3.63, 3.8) is 0 Å². The summed E-state index contributed by atoms with van der Waals surface area (Å²) < 4.78 is 19.5. The largest absolute Gasteiger partial charge is 0.390 e. The van der Waals surface area contributed by atoms with Gasteiger partial charge in [-0.1, -0.05) is 39.8 Å². The van der Waals surface area contributed by atoms with Crippen molar-refractivity contribution in [2.45, 2.75) is 174 Å². The van der Waals surface area contributed by atoms with Crippen molar-refractivity contribution in [1.29, 1.82) is 0 Å². The number of carbonyl (C=O) groups is 3. The van der Waals surface area contributed by atoms with E-state index in [1.165, 1.54) is 0 Å². The van der Waals surface area contributed by atoms with E-state index in [0.717, 1.165) is 76.2 Å². The summed E-state index contributed by atoms with van der Waals surface area (Å²) in [6.07, 6.45) is 14.5. The molecule has 3 saturated heterocycles. The monoisotopic (exact) mass is 704 g/mol. The molecule has 3 heterocycles. The number of hydrogen-bond donors (Lipinski definition) is 4. The highest BCUT2D eigenvalue weighted by Crippen LogP contribution is 2.43. The molecular weight excluding hydrogens is 636 g/mol. The first-order valence-electron chi connectivity index (χ1n) is 19.5. The Bertz CT molecular complexity index is 1140. The molecule has 0 aliphatic carbocycles. The molecule has 2 amide bonds. The van der Waals surface area contributed by atoms with Crippen molar-refractivity contribution in [2.24, 2.45) is 23.7 Å². The minimum atomic E-state index is -1.02. The highest BCUT2D eigenvalue weighted by Gasteiger charge is 2.44. The molecule has 3 fully saturated rings. The lowest BCUT2D eigenvalue weighted by Gasteiger charge is -2.48. The van der Waals surface area contributed by atoms with Crippen LogP contribution in [-0.4, -0.2) is 83.3 Å². The SMILES string of the molecule is C/C=C/C(=O)C[C@H]1CC[C@H](C)[C@H](CC(=O)NC[C@H](O)[C@@H](C)C(=O)NCCC[C@H]2O[C@@]3(CCC[C@@H](CC[C@H](C)/C=C(\C)[C@@H](C)O)O3)CC[C@@H]2C)O1. The summed E-state index contributed by atoms with van der Waals surface area (Å²) in [6.45, 7) is 14.2. The average Bonchev–Trinajstić information content (AvgIpc) is 3.07. The maximum absolute atomic E-state index is 12.9. The minimum Gasteiger partial charge on any atom is -0.390 e. The molecule has 0 aromatic rings. The van der Waals surface area contributed by atoms with Crippen LogP contribution in [0.3, 0.4) is 0 Å². The number of hydrogen-bond acceptors (Lipinski definition) is 8. The molecular formula is C40H68N2O8. The van der Waals surface area contributed by atoms with Crippen LogP contribution in [0, 0.1) is 23.7 Å². The van der Waals surface area contributed by atoms with E-state index in [-0.39, 0.29) is 60.9 Å². The van der Waals surface area contributed by atoms with Gasteiger partial charge in [0.05, 0.1) is 49.0 Å². The Morgan fingerprint density at radius 1 is 0.900 bits per heavy atom. The number of allylic oxidation sites excluding steroid dienone is 3. The Hall–Kier alpha value is -2.11. The summed E-state index contributed by atoms with van der Waals surface area (Å²) in [5.41, 5.74) is 1.01. The molecule has 0 unspecified atom stereocenters. The van der Waals surface area contributed by atoms with E-state index in [4.69, 9.17) is 14.2 Å². The van der Waals surface area contributed by atoms with Gasteiger partial charge in [-0.3, -0.25) is 14.4 Å². The molecule has 0 radical (unpaired) electrons. The Balaban J connectivity index is 1.36. The molecule has 0 saturated carbocycles. The molecule has 0 aromatic heterocycles. The van der Waals surface area contributed by atoms with Crippen LogP contribution in [-0.2, 0) is 28.6 Å². The van der Waals surface area contributed by atoms with Crippen molar-refractivity contribution in [2.75, 3.05) is 13.1 Å². The van der Waals surface area contributed by atoms with E-state index in [1.54, 1.807) is 26.0 Å². The average molecular weight is 705 g/mol. The Labute approximate surface area is 301 Å². The van der Waals surface area contributed by atoms with Crippen LogP contribution in [0.15, 0.2) is 23.8 Å². The maximum Gasteiger partial charge on any atom is 0.225 e. The van der Waals surface area contributed by atoms with Crippen LogP contribution < -0.4 is 10.6 Å². The second kappa shape index (κ2) is 20.8. The van der Waals surface area contributed by atoms with E-state index in [9.17, 15) is 24.6 Å². The summed E-state index contributed by atoms with van der Waals surface area (Å²) in [5.74, 6) is -0.680. The molecule has 3 aliphatic heterocycles. The topological polar surface area (TPSA) is 143 Å². The molecule has 50 heavy (non-hydrogen) atoms. The van der Waals surface area contributed by atoms with Gasteiger partial charge in [-0.25, -0.2) is 0 Å². The summed E-state index contributed by atoms with van der Waals surface area (Å²) in [6, 6.07) is 0. The molecule has 286 valence electrons. The lowest BCUT2D eigenvalue weighted by Crippen LogP contribution is -2.50. The zero-order valence-electron chi connectivity index (χ0n) is 32.0. The second-order valence-electron chi connectivity index (χ2n) is 15.7. The lowest BCUT2D eigenvalue weighted by atomic mass is 9.85. The van der Waals surface area contributed by atoms with Crippen LogP contribution in [0.25, 0.3) is 0 Å².